The molecule has 0 radical (unpaired) electrons. The maximum Gasteiger partial charge on any atom is 0.500 e. The molecule has 114 valence electrons. The Labute approximate surface area is 122 Å². The minimum Gasteiger partial charge on any atom is -0.377 e. The smallest absolute Gasteiger partial charge is 0.377 e. The average Bonchev–Trinajstić information content (AvgIpc) is 2.47. The first-order chi connectivity index (χ1) is 9.65. The van der Waals surface area contributed by atoms with Crippen LogP contribution in [0.1, 0.15) is 31.2 Å². The Balaban J connectivity index is 2.16. The van der Waals surface area contributed by atoms with Crippen LogP contribution in [0.5, 0.6) is 0 Å². The summed E-state index contributed by atoms with van der Waals surface area (Å²) in [5.41, 5.74) is 1.07. The second-order valence-electron chi connectivity index (χ2n) is 4.84. The van der Waals surface area contributed by atoms with E-state index in [4.69, 9.17) is 13.3 Å². The first-order valence-electron chi connectivity index (χ1n) is 7.05. The van der Waals surface area contributed by atoms with E-state index in [0.29, 0.717) is 0 Å². The average molecular weight is 300 g/mol. The molecule has 0 fully saturated rings. The quantitative estimate of drug-likeness (QED) is 0.486. The zero-order chi connectivity index (χ0) is 14.8. The van der Waals surface area contributed by atoms with Gasteiger partial charge in [0.05, 0.1) is 0 Å². The Morgan fingerprint density at radius 3 is 2.20 bits per heavy atom. The van der Waals surface area contributed by atoms with E-state index in [1.165, 1.54) is 6.07 Å². The van der Waals surface area contributed by atoms with Gasteiger partial charge in [-0.1, -0.05) is 25.0 Å². The molecule has 0 saturated carbocycles. The number of rotatable bonds is 10. The third-order valence-corrected chi connectivity index (χ3v) is 6.35. The second-order valence-corrected chi connectivity index (χ2v) is 7.93. The molecule has 1 rings (SSSR count). The molecular formula is C15H25FO3Si. The highest BCUT2D eigenvalue weighted by atomic mass is 28.4. The molecule has 5 heteroatoms. The molecule has 0 atom stereocenters. The Morgan fingerprint density at radius 1 is 0.950 bits per heavy atom. The Morgan fingerprint density at radius 2 is 1.60 bits per heavy atom. The van der Waals surface area contributed by atoms with Gasteiger partial charge in [0.25, 0.3) is 0 Å². The van der Waals surface area contributed by atoms with E-state index < -0.39 is 8.80 Å². The lowest BCUT2D eigenvalue weighted by molar-refractivity contribution is 0.122. The molecule has 0 saturated heterocycles. The molecule has 0 aliphatic carbocycles. The number of unbranched alkanes of at least 4 members (excludes halogenated alkanes) is 3. The van der Waals surface area contributed by atoms with Gasteiger partial charge in [-0.25, -0.2) is 4.39 Å². The van der Waals surface area contributed by atoms with Crippen LogP contribution in [0.25, 0.3) is 0 Å². The van der Waals surface area contributed by atoms with Gasteiger partial charge >= 0.3 is 8.80 Å². The van der Waals surface area contributed by atoms with Gasteiger partial charge in [-0.05, 0) is 37.0 Å². The molecule has 1 aromatic rings. The highest BCUT2D eigenvalue weighted by molar-refractivity contribution is 6.60. The van der Waals surface area contributed by atoms with Crippen molar-refractivity contribution in [2.24, 2.45) is 0 Å². The lowest BCUT2D eigenvalue weighted by atomic mass is 10.1. The van der Waals surface area contributed by atoms with E-state index in [1.807, 2.05) is 6.07 Å². The van der Waals surface area contributed by atoms with Crippen molar-refractivity contribution in [2.45, 2.75) is 38.1 Å². The minimum absolute atomic E-state index is 0.154. The van der Waals surface area contributed by atoms with Crippen molar-refractivity contribution in [2.75, 3.05) is 21.3 Å². The lowest BCUT2D eigenvalue weighted by Crippen LogP contribution is -2.42. The zero-order valence-corrected chi connectivity index (χ0v) is 13.7. The van der Waals surface area contributed by atoms with Gasteiger partial charge in [-0.15, -0.1) is 0 Å². The van der Waals surface area contributed by atoms with Gasteiger partial charge in [0, 0.05) is 27.4 Å². The van der Waals surface area contributed by atoms with E-state index in [2.05, 4.69) is 0 Å². The predicted molar refractivity (Wildman–Crippen MR) is 80.2 cm³/mol. The fraction of sp³-hybridized carbons (Fsp3) is 0.600. The lowest BCUT2D eigenvalue weighted by Gasteiger charge is -2.24. The van der Waals surface area contributed by atoms with Crippen LogP contribution in [-0.4, -0.2) is 30.1 Å². The summed E-state index contributed by atoms with van der Waals surface area (Å²) < 4.78 is 29.1. The summed E-state index contributed by atoms with van der Waals surface area (Å²) in [5.74, 6) is -0.154. The van der Waals surface area contributed by atoms with E-state index in [1.54, 1.807) is 33.5 Å². The fourth-order valence-electron chi connectivity index (χ4n) is 2.27. The van der Waals surface area contributed by atoms with Crippen LogP contribution in [0.4, 0.5) is 4.39 Å². The van der Waals surface area contributed by atoms with E-state index in [0.717, 1.165) is 43.7 Å². The normalized spacial score (nSPS) is 11.8. The van der Waals surface area contributed by atoms with Crippen molar-refractivity contribution in [3.63, 3.8) is 0 Å². The van der Waals surface area contributed by atoms with Gasteiger partial charge < -0.3 is 13.3 Å². The number of hydrogen-bond acceptors (Lipinski definition) is 3. The highest BCUT2D eigenvalue weighted by Gasteiger charge is 2.36. The van der Waals surface area contributed by atoms with Crippen LogP contribution in [0.3, 0.4) is 0 Å². The van der Waals surface area contributed by atoms with Gasteiger partial charge in [0.15, 0.2) is 0 Å². The summed E-state index contributed by atoms with van der Waals surface area (Å²) in [6, 6.07) is 7.67. The molecule has 0 aliphatic rings. The van der Waals surface area contributed by atoms with E-state index in [-0.39, 0.29) is 5.82 Å². The first-order valence-corrected chi connectivity index (χ1v) is 8.99. The van der Waals surface area contributed by atoms with Crippen LogP contribution < -0.4 is 0 Å². The van der Waals surface area contributed by atoms with Crippen molar-refractivity contribution in [1.29, 1.82) is 0 Å². The molecule has 0 N–H and O–H groups in total. The molecular weight excluding hydrogens is 275 g/mol. The van der Waals surface area contributed by atoms with Crippen LogP contribution in [0.2, 0.25) is 6.04 Å². The van der Waals surface area contributed by atoms with Gasteiger partial charge in [0.2, 0.25) is 0 Å². The summed E-state index contributed by atoms with van der Waals surface area (Å²) in [4.78, 5) is 0. The van der Waals surface area contributed by atoms with Crippen molar-refractivity contribution >= 4 is 8.80 Å². The minimum atomic E-state index is -2.40. The number of benzene rings is 1. The van der Waals surface area contributed by atoms with E-state index in [9.17, 15) is 4.39 Å². The molecule has 0 bridgehead atoms. The van der Waals surface area contributed by atoms with Crippen LogP contribution in [-0.2, 0) is 19.7 Å². The monoisotopic (exact) mass is 300 g/mol. The number of hydrogen-bond donors (Lipinski definition) is 0. The van der Waals surface area contributed by atoms with Gasteiger partial charge in [-0.3, -0.25) is 0 Å². The maximum atomic E-state index is 13.0. The summed E-state index contributed by atoms with van der Waals surface area (Å²) >= 11 is 0. The first kappa shape index (κ1) is 17.3. The van der Waals surface area contributed by atoms with Crippen molar-refractivity contribution < 1.29 is 17.7 Å². The Hall–Kier alpha value is -0.753. The molecule has 0 unspecified atom stereocenters. The second kappa shape index (κ2) is 9.23. The fourth-order valence-corrected chi connectivity index (χ4v) is 4.07. The third kappa shape index (κ3) is 5.71. The maximum absolute atomic E-state index is 13.0. The van der Waals surface area contributed by atoms with Crippen molar-refractivity contribution in [3.05, 3.63) is 35.6 Å². The third-order valence-electron chi connectivity index (χ3n) is 3.52. The van der Waals surface area contributed by atoms with Gasteiger partial charge in [0.1, 0.15) is 5.82 Å². The summed E-state index contributed by atoms with van der Waals surface area (Å²) in [5, 5.41) is 0. The summed E-state index contributed by atoms with van der Waals surface area (Å²) in [6.45, 7) is 0. The molecule has 20 heavy (non-hydrogen) atoms. The van der Waals surface area contributed by atoms with E-state index >= 15 is 0 Å². The van der Waals surface area contributed by atoms with Crippen molar-refractivity contribution in [3.8, 4) is 0 Å². The topological polar surface area (TPSA) is 27.7 Å². The van der Waals surface area contributed by atoms with Crippen LogP contribution in [0.15, 0.2) is 24.3 Å². The Kier molecular flexibility index (Phi) is 7.99. The predicted octanol–water partition coefficient (Wildman–Crippen LogP) is 3.81. The van der Waals surface area contributed by atoms with Crippen molar-refractivity contribution in [1.82, 2.24) is 0 Å². The largest absolute Gasteiger partial charge is 0.500 e. The molecule has 3 nitrogen and oxygen atoms in total. The SMILES string of the molecule is CO[Si](CCCCCCc1cccc(F)c1)(OC)OC. The highest BCUT2D eigenvalue weighted by Crippen LogP contribution is 2.18. The number of aryl methyl sites for hydroxylation is 1. The van der Waals surface area contributed by atoms with Gasteiger partial charge in [-0.2, -0.15) is 0 Å². The molecule has 0 amide bonds. The Bertz CT molecular complexity index is 375. The molecule has 1 aromatic carbocycles. The standard InChI is InChI=1S/C15H25FO3Si/c1-17-20(18-2,19-3)12-7-5-4-6-9-14-10-8-11-15(16)13-14/h8,10-11,13H,4-7,9,12H2,1-3H3. The van der Waals surface area contributed by atoms with Crippen LogP contribution in [0, 0.1) is 5.82 Å². The molecule has 0 aliphatic heterocycles. The van der Waals surface area contributed by atoms with Crippen LogP contribution >= 0.6 is 0 Å². The summed E-state index contributed by atoms with van der Waals surface area (Å²) in [7, 11) is 2.53. The number of halogens is 1. The molecule has 0 spiro atoms. The zero-order valence-electron chi connectivity index (χ0n) is 12.7. The summed E-state index contributed by atoms with van der Waals surface area (Å²) in [6.07, 6.45) is 5.27. The molecule has 0 aromatic heterocycles. The molecule has 0 heterocycles.